The Morgan fingerprint density at radius 3 is 2.53 bits per heavy atom. The van der Waals surface area contributed by atoms with Crippen LogP contribution in [0.5, 0.6) is 11.5 Å². The van der Waals surface area contributed by atoms with Gasteiger partial charge in [-0.15, -0.1) is 0 Å². The van der Waals surface area contributed by atoms with Crippen LogP contribution in [-0.2, 0) is 16.1 Å². The van der Waals surface area contributed by atoms with Crippen molar-refractivity contribution in [3.63, 3.8) is 0 Å². The molecule has 2 aliphatic heterocycles. The second kappa shape index (κ2) is 9.44. The van der Waals surface area contributed by atoms with Gasteiger partial charge in [-0.1, -0.05) is 40.2 Å². The molecule has 1 saturated heterocycles. The first-order chi connectivity index (χ1) is 16.5. The molecule has 2 heterocycles. The minimum absolute atomic E-state index is 0.0388. The molecule has 2 aliphatic rings. The molecule has 9 heteroatoms. The lowest BCUT2D eigenvalue weighted by atomic mass is 10.1. The highest BCUT2D eigenvalue weighted by atomic mass is 79.9. The zero-order valence-corrected chi connectivity index (χ0v) is 20.3. The summed E-state index contributed by atoms with van der Waals surface area (Å²) >= 11 is 9.11. The van der Waals surface area contributed by atoms with Gasteiger partial charge in [0.2, 0.25) is 12.7 Å². The summed E-state index contributed by atoms with van der Waals surface area (Å²) in [5.74, 6) is 0.829. The van der Waals surface area contributed by atoms with Crippen molar-refractivity contribution in [2.75, 3.05) is 17.0 Å². The number of carbonyl (C=O) groups is 2. The first kappa shape index (κ1) is 22.4. The molecule has 0 saturated carbocycles. The van der Waals surface area contributed by atoms with E-state index in [1.807, 2.05) is 60.7 Å². The highest BCUT2D eigenvalue weighted by Gasteiger charge is 2.44. The minimum Gasteiger partial charge on any atom is -0.454 e. The Morgan fingerprint density at radius 1 is 1.03 bits per heavy atom. The van der Waals surface area contributed by atoms with Gasteiger partial charge in [0.25, 0.3) is 5.91 Å². The van der Waals surface area contributed by atoms with Gasteiger partial charge in [0.05, 0.1) is 12.1 Å². The number of fused-ring (bicyclic) bond motifs is 1. The van der Waals surface area contributed by atoms with Crippen molar-refractivity contribution in [2.24, 2.45) is 0 Å². The van der Waals surface area contributed by atoms with E-state index in [-0.39, 0.29) is 25.0 Å². The Kier molecular flexibility index (Phi) is 6.21. The Labute approximate surface area is 210 Å². The minimum atomic E-state index is -0.742. The third-order valence-corrected chi connectivity index (χ3v) is 6.58. The van der Waals surface area contributed by atoms with Gasteiger partial charge in [0.15, 0.2) is 16.6 Å². The topological polar surface area (TPSA) is 71.1 Å². The largest absolute Gasteiger partial charge is 0.454 e. The smallest absolute Gasteiger partial charge is 0.256 e. The highest BCUT2D eigenvalue weighted by Crippen LogP contribution is 2.34. The molecule has 3 aromatic rings. The lowest BCUT2D eigenvalue weighted by Crippen LogP contribution is -2.37. The van der Waals surface area contributed by atoms with Gasteiger partial charge in [-0.3, -0.25) is 14.5 Å². The van der Waals surface area contributed by atoms with Crippen molar-refractivity contribution in [3.8, 4) is 11.5 Å². The molecule has 0 spiro atoms. The van der Waals surface area contributed by atoms with Crippen molar-refractivity contribution in [1.82, 2.24) is 4.90 Å². The van der Waals surface area contributed by atoms with E-state index in [1.165, 1.54) is 4.90 Å². The van der Waals surface area contributed by atoms with Crippen LogP contribution in [-0.4, -0.2) is 34.7 Å². The van der Waals surface area contributed by atoms with Crippen LogP contribution in [0, 0.1) is 0 Å². The number of hydrogen-bond acceptors (Lipinski definition) is 5. The normalized spacial score (nSPS) is 16.8. The molecule has 34 heavy (non-hydrogen) atoms. The summed E-state index contributed by atoms with van der Waals surface area (Å²) in [7, 11) is 0. The number of halogens is 1. The van der Waals surface area contributed by atoms with Crippen molar-refractivity contribution in [1.29, 1.82) is 0 Å². The van der Waals surface area contributed by atoms with Crippen LogP contribution >= 0.6 is 28.1 Å². The number of amides is 2. The number of anilines is 2. The fraction of sp³-hybridized carbons (Fsp3) is 0.160. The van der Waals surface area contributed by atoms with E-state index in [1.54, 1.807) is 17.0 Å². The number of carbonyl (C=O) groups excluding carboxylic acids is 2. The van der Waals surface area contributed by atoms with Crippen LogP contribution in [0.2, 0.25) is 0 Å². The molecule has 0 unspecified atom stereocenters. The second-order valence-electron chi connectivity index (χ2n) is 7.88. The molecule has 1 N–H and O–H groups in total. The molecular formula is C25H20BrN3O4S. The molecule has 172 valence electrons. The van der Waals surface area contributed by atoms with Crippen LogP contribution in [0.3, 0.4) is 0 Å². The summed E-state index contributed by atoms with van der Waals surface area (Å²) in [6.07, 6.45) is -0.0388. The molecular weight excluding hydrogens is 518 g/mol. The lowest BCUT2D eigenvalue weighted by molar-refractivity contribution is -0.124. The van der Waals surface area contributed by atoms with E-state index in [0.717, 1.165) is 10.0 Å². The number of nitrogens with one attached hydrogen (secondary N) is 1. The van der Waals surface area contributed by atoms with Gasteiger partial charge in [-0.2, -0.15) is 0 Å². The number of thiocarbonyl (C=S) groups is 1. The monoisotopic (exact) mass is 537 g/mol. The number of hydrogen-bond donors (Lipinski definition) is 1. The second-order valence-corrected chi connectivity index (χ2v) is 9.16. The van der Waals surface area contributed by atoms with Gasteiger partial charge in [-0.25, -0.2) is 0 Å². The van der Waals surface area contributed by atoms with E-state index < -0.39 is 6.04 Å². The van der Waals surface area contributed by atoms with Gasteiger partial charge in [-0.05, 0) is 66.3 Å². The van der Waals surface area contributed by atoms with E-state index in [9.17, 15) is 9.59 Å². The van der Waals surface area contributed by atoms with Crippen molar-refractivity contribution >= 4 is 56.4 Å². The predicted octanol–water partition coefficient (Wildman–Crippen LogP) is 4.71. The number of para-hydroxylation sites is 1. The standard InChI is InChI=1S/C25H20BrN3O4S/c26-17-7-9-18(10-8-17)27-23(30)13-20-24(31)29(19-4-2-1-3-5-19)25(34)28(20)14-16-6-11-21-22(12-16)33-15-32-21/h1-12,20H,13-15H2,(H,27,30)/t20-/m0/s1. The summed E-state index contributed by atoms with van der Waals surface area (Å²) in [6, 6.07) is 21.4. The number of rotatable bonds is 6. The quantitative estimate of drug-likeness (QED) is 0.459. The Morgan fingerprint density at radius 2 is 1.76 bits per heavy atom. The van der Waals surface area contributed by atoms with Gasteiger partial charge in [0.1, 0.15) is 6.04 Å². The molecule has 3 aromatic carbocycles. The van der Waals surface area contributed by atoms with Gasteiger partial charge in [0, 0.05) is 16.7 Å². The zero-order valence-electron chi connectivity index (χ0n) is 17.9. The third-order valence-electron chi connectivity index (χ3n) is 5.63. The average Bonchev–Trinajstić information content (AvgIpc) is 3.39. The SMILES string of the molecule is O=C(C[C@H]1C(=O)N(c2ccccc2)C(=S)N1Cc1ccc2c(c1)OCO2)Nc1ccc(Br)cc1. The molecule has 0 aliphatic carbocycles. The van der Waals surface area contributed by atoms with E-state index >= 15 is 0 Å². The Balaban J connectivity index is 1.40. The molecule has 2 amide bonds. The number of ether oxygens (including phenoxy) is 2. The van der Waals surface area contributed by atoms with Crippen molar-refractivity contribution in [2.45, 2.75) is 19.0 Å². The van der Waals surface area contributed by atoms with E-state index in [2.05, 4.69) is 21.2 Å². The first-order valence-corrected chi connectivity index (χ1v) is 11.8. The Hall–Kier alpha value is -3.43. The molecule has 5 rings (SSSR count). The van der Waals surface area contributed by atoms with Gasteiger partial charge >= 0.3 is 0 Å². The summed E-state index contributed by atoms with van der Waals surface area (Å²) in [4.78, 5) is 29.7. The molecule has 0 aromatic heterocycles. The van der Waals surface area contributed by atoms with Crippen LogP contribution in [0.15, 0.2) is 77.3 Å². The molecule has 0 radical (unpaired) electrons. The highest BCUT2D eigenvalue weighted by molar-refractivity contribution is 9.10. The van der Waals surface area contributed by atoms with Crippen molar-refractivity contribution in [3.05, 3.63) is 82.8 Å². The molecule has 7 nitrogen and oxygen atoms in total. The summed E-state index contributed by atoms with van der Waals surface area (Å²) in [5, 5.41) is 3.22. The van der Waals surface area contributed by atoms with Crippen LogP contribution in [0.1, 0.15) is 12.0 Å². The third kappa shape index (κ3) is 4.49. The van der Waals surface area contributed by atoms with Crippen LogP contribution in [0.4, 0.5) is 11.4 Å². The predicted molar refractivity (Wildman–Crippen MR) is 136 cm³/mol. The molecule has 1 fully saturated rings. The fourth-order valence-corrected chi connectivity index (χ4v) is 4.64. The lowest BCUT2D eigenvalue weighted by Gasteiger charge is -2.24. The maximum absolute atomic E-state index is 13.5. The summed E-state index contributed by atoms with van der Waals surface area (Å²) < 4.78 is 11.8. The fourth-order valence-electron chi connectivity index (χ4n) is 3.99. The van der Waals surface area contributed by atoms with Crippen molar-refractivity contribution < 1.29 is 19.1 Å². The van der Waals surface area contributed by atoms with E-state index in [4.69, 9.17) is 21.7 Å². The van der Waals surface area contributed by atoms with E-state index in [0.29, 0.717) is 34.5 Å². The summed E-state index contributed by atoms with van der Waals surface area (Å²) in [6.45, 7) is 0.529. The summed E-state index contributed by atoms with van der Waals surface area (Å²) in [5.41, 5.74) is 2.22. The Bertz CT molecular complexity index is 1250. The maximum atomic E-state index is 13.5. The average molecular weight is 538 g/mol. The molecule has 1 atom stereocenters. The van der Waals surface area contributed by atoms with Gasteiger partial charge < -0.3 is 19.7 Å². The van der Waals surface area contributed by atoms with Crippen LogP contribution < -0.4 is 19.7 Å². The first-order valence-electron chi connectivity index (χ1n) is 10.6. The zero-order chi connectivity index (χ0) is 23.7. The number of nitrogens with zero attached hydrogens (tertiary/aromatic N) is 2. The maximum Gasteiger partial charge on any atom is 0.256 e. The molecule has 0 bridgehead atoms. The van der Waals surface area contributed by atoms with Crippen LogP contribution in [0.25, 0.3) is 0 Å². The number of benzene rings is 3.